The van der Waals surface area contributed by atoms with E-state index < -0.39 is 0 Å². The van der Waals surface area contributed by atoms with E-state index >= 15 is 0 Å². The third kappa shape index (κ3) is 4.23. The number of rotatable bonds is 5. The predicted molar refractivity (Wildman–Crippen MR) is 101 cm³/mol. The standard InChI is InChI=1S/C20H22N2O2S/c1-14(2)21-19(24)16-8-10-17(11-9-16)20-22(18(23)13-25-20)12-15-6-4-3-5-7-15/h3-11,14,20H,12-13H2,1-2H3,(H,21,24)/t20-/m1/s1. The van der Waals surface area contributed by atoms with Crippen LogP contribution in [0.1, 0.15) is 40.7 Å². The highest BCUT2D eigenvalue weighted by Crippen LogP contribution is 2.39. The second-order valence-corrected chi connectivity index (χ2v) is 7.49. The van der Waals surface area contributed by atoms with E-state index in [0.717, 1.165) is 11.1 Å². The van der Waals surface area contributed by atoms with Gasteiger partial charge >= 0.3 is 0 Å². The second kappa shape index (κ2) is 7.74. The Morgan fingerprint density at radius 1 is 1.16 bits per heavy atom. The molecule has 2 aromatic carbocycles. The van der Waals surface area contributed by atoms with Crippen LogP contribution in [0.3, 0.4) is 0 Å². The Bertz CT molecular complexity index is 744. The summed E-state index contributed by atoms with van der Waals surface area (Å²) in [4.78, 5) is 26.3. The van der Waals surface area contributed by atoms with Gasteiger partial charge in [0.25, 0.3) is 5.91 Å². The highest BCUT2D eigenvalue weighted by Gasteiger charge is 2.32. The molecule has 0 aromatic heterocycles. The number of amides is 2. The fourth-order valence-electron chi connectivity index (χ4n) is 2.83. The minimum absolute atomic E-state index is 0.00471. The smallest absolute Gasteiger partial charge is 0.251 e. The van der Waals surface area contributed by atoms with Crippen molar-refractivity contribution in [2.45, 2.75) is 31.8 Å². The molecule has 1 heterocycles. The van der Waals surface area contributed by atoms with Crippen molar-refractivity contribution >= 4 is 23.6 Å². The van der Waals surface area contributed by atoms with Crippen LogP contribution in [0, 0.1) is 0 Å². The van der Waals surface area contributed by atoms with Crippen LogP contribution in [0.15, 0.2) is 54.6 Å². The average Bonchev–Trinajstić information content (AvgIpc) is 2.96. The molecule has 0 saturated carbocycles. The molecule has 1 atom stereocenters. The highest BCUT2D eigenvalue weighted by atomic mass is 32.2. The Balaban J connectivity index is 1.75. The highest BCUT2D eigenvalue weighted by molar-refractivity contribution is 8.00. The minimum atomic E-state index is -0.0714. The summed E-state index contributed by atoms with van der Waals surface area (Å²) in [6.45, 7) is 4.48. The van der Waals surface area contributed by atoms with Gasteiger partial charge in [-0.1, -0.05) is 42.5 Å². The van der Waals surface area contributed by atoms with Gasteiger partial charge < -0.3 is 10.2 Å². The lowest BCUT2D eigenvalue weighted by atomic mass is 10.1. The Morgan fingerprint density at radius 2 is 1.84 bits per heavy atom. The van der Waals surface area contributed by atoms with Crippen molar-refractivity contribution < 1.29 is 9.59 Å². The number of hydrogen-bond acceptors (Lipinski definition) is 3. The van der Waals surface area contributed by atoms with Crippen molar-refractivity contribution in [1.29, 1.82) is 0 Å². The third-order valence-electron chi connectivity index (χ3n) is 4.04. The summed E-state index contributed by atoms with van der Waals surface area (Å²) in [6, 6.07) is 17.7. The van der Waals surface area contributed by atoms with Crippen LogP contribution >= 0.6 is 11.8 Å². The molecule has 1 fully saturated rings. The Hall–Kier alpha value is -2.27. The zero-order valence-electron chi connectivity index (χ0n) is 14.4. The van der Waals surface area contributed by atoms with Gasteiger partial charge in [0.15, 0.2) is 0 Å². The normalized spacial score (nSPS) is 17.2. The molecule has 0 unspecified atom stereocenters. The van der Waals surface area contributed by atoms with E-state index in [1.165, 1.54) is 0 Å². The summed E-state index contributed by atoms with van der Waals surface area (Å²) in [7, 11) is 0. The van der Waals surface area contributed by atoms with Gasteiger partial charge in [0.05, 0.1) is 5.75 Å². The topological polar surface area (TPSA) is 49.4 Å². The van der Waals surface area contributed by atoms with Crippen LogP contribution in [0.5, 0.6) is 0 Å². The SMILES string of the molecule is CC(C)NC(=O)c1ccc([C@H]2SCC(=O)N2Cc2ccccc2)cc1. The minimum Gasteiger partial charge on any atom is -0.350 e. The number of carbonyl (C=O) groups excluding carboxylic acids is 2. The van der Waals surface area contributed by atoms with Gasteiger partial charge in [-0.15, -0.1) is 11.8 Å². The monoisotopic (exact) mass is 354 g/mol. The second-order valence-electron chi connectivity index (χ2n) is 6.42. The number of carbonyl (C=O) groups is 2. The quantitative estimate of drug-likeness (QED) is 0.892. The number of nitrogens with zero attached hydrogens (tertiary/aromatic N) is 1. The first-order valence-electron chi connectivity index (χ1n) is 8.40. The maximum atomic E-state index is 12.3. The van der Waals surface area contributed by atoms with E-state index in [-0.39, 0.29) is 23.2 Å². The van der Waals surface area contributed by atoms with Crippen molar-refractivity contribution in [1.82, 2.24) is 10.2 Å². The fourth-order valence-corrected chi connectivity index (χ4v) is 4.01. The zero-order valence-corrected chi connectivity index (χ0v) is 15.3. The molecule has 2 amide bonds. The van der Waals surface area contributed by atoms with Crippen LogP contribution < -0.4 is 5.32 Å². The van der Waals surface area contributed by atoms with E-state index in [2.05, 4.69) is 5.32 Å². The van der Waals surface area contributed by atoms with Gasteiger partial charge in [-0.05, 0) is 37.1 Å². The van der Waals surface area contributed by atoms with Crippen LogP contribution in [0.25, 0.3) is 0 Å². The molecule has 1 aliphatic rings. The van der Waals surface area contributed by atoms with Crippen LogP contribution in [-0.2, 0) is 11.3 Å². The Labute approximate surface area is 152 Å². The van der Waals surface area contributed by atoms with Gasteiger partial charge in [-0.3, -0.25) is 9.59 Å². The zero-order chi connectivity index (χ0) is 17.8. The lowest BCUT2D eigenvalue weighted by molar-refractivity contribution is -0.128. The Kier molecular flexibility index (Phi) is 5.43. The molecular weight excluding hydrogens is 332 g/mol. The average molecular weight is 354 g/mol. The van der Waals surface area contributed by atoms with Crippen LogP contribution in [0.4, 0.5) is 0 Å². The molecule has 0 bridgehead atoms. The molecule has 5 heteroatoms. The lowest BCUT2D eigenvalue weighted by Gasteiger charge is -2.24. The van der Waals surface area contributed by atoms with Gasteiger partial charge in [0.2, 0.25) is 5.91 Å². The molecular formula is C20H22N2O2S. The van der Waals surface area contributed by atoms with Gasteiger partial charge in [0.1, 0.15) is 5.37 Å². The maximum absolute atomic E-state index is 12.3. The molecule has 1 aliphatic heterocycles. The molecule has 130 valence electrons. The first-order valence-corrected chi connectivity index (χ1v) is 9.45. The van der Waals surface area contributed by atoms with Gasteiger partial charge in [-0.25, -0.2) is 0 Å². The molecule has 0 spiro atoms. The molecule has 3 rings (SSSR count). The summed E-state index contributed by atoms with van der Waals surface area (Å²) < 4.78 is 0. The van der Waals surface area contributed by atoms with Gasteiger partial charge in [-0.2, -0.15) is 0 Å². The van der Waals surface area contributed by atoms with E-state index in [1.807, 2.05) is 73.3 Å². The van der Waals surface area contributed by atoms with Crippen LogP contribution in [0.2, 0.25) is 0 Å². The predicted octanol–water partition coefficient (Wildman–Crippen LogP) is 3.60. The van der Waals surface area contributed by atoms with Crippen molar-refractivity contribution in [3.05, 3.63) is 71.3 Å². The van der Waals surface area contributed by atoms with Gasteiger partial charge in [0, 0.05) is 18.2 Å². The number of benzene rings is 2. The largest absolute Gasteiger partial charge is 0.350 e. The first-order chi connectivity index (χ1) is 12.0. The lowest BCUT2D eigenvalue weighted by Crippen LogP contribution is -2.30. The van der Waals surface area contributed by atoms with E-state index in [0.29, 0.717) is 17.9 Å². The summed E-state index contributed by atoms with van der Waals surface area (Å²) in [6.07, 6.45) is 0. The van der Waals surface area contributed by atoms with E-state index in [9.17, 15) is 9.59 Å². The summed E-state index contributed by atoms with van der Waals surface area (Å²) in [5, 5.41) is 2.88. The van der Waals surface area contributed by atoms with Crippen molar-refractivity contribution in [3.8, 4) is 0 Å². The summed E-state index contributed by atoms with van der Waals surface area (Å²) >= 11 is 1.63. The molecule has 4 nitrogen and oxygen atoms in total. The van der Waals surface area contributed by atoms with E-state index in [1.54, 1.807) is 11.8 Å². The number of thioether (sulfide) groups is 1. The molecule has 1 saturated heterocycles. The molecule has 2 aromatic rings. The molecule has 0 radical (unpaired) electrons. The van der Waals surface area contributed by atoms with E-state index in [4.69, 9.17) is 0 Å². The van der Waals surface area contributed by atoms with Crippen LogP contribution in [-0.4, -0.2) is 28.5 Å². The molecule has 25 heavy (non-hydrogen) atoms. The summed E-state index contributed by atoms with van der Waals surface area (Å²) in [5.74, 6) is 0.575. The molecule has 1 N–H and O–H groups in total. The Morgan fingerprint density at radius 3 is 2.48 bits per heavy atom. The number of nitrogens with one attached hydrogen (secondary N) is 1. The van der Waals surface area contributed by atoms with Crippen molar-refractivity contribution in [2.75, 3.05) is 5.75 Å². The van der Waals surface area contributed by atoms with Crippen molar-refractivity contribution in [3.63, 3.8) is 0 Å². The fraction of sp³-hybridized carbons (Fsp3) is 0.300. The molecule has 0 aliphatic carbocycles. The summed E-state index contributed by atoms with van der Waals surface area (Å²) in [5.41, 5.74) is 2.81. The van der Waals surface area contributed by atoms with Crippen molar-refractivity contribution in [2.24, 2.45) is 0 Å². The first kappa shape index (κ1) is 17.5. The maximum Gasteiger partial charge on any atom is 0.251 e. The number of hydrogen-bond donors (Lipinski definition) is 1. The third-order valence-corrected chi connectivity index (χ3v) is 5.30.